The maximum Gasteiger partial charge on any atom is 0.411 e. The molecule has 0 spiro atoms. The predicted molar refractivity (Wildman–Crippen MR) is 71.7 cm³/mol. The number of aliphatic hydroxyl groups excluding tert-OH is 1. The Labute approximate surface area is 119 Å². The molecule has 1 saturated heterocycles. The normalized spacial score (nSPS) is 26.0. The number of carbonyl (C=O) groups is 2. The fourth-order valence-corrected chi connectivity index (χ4v) is 2.15. The van der Waals surface area contributed by atoms with Gasteiger partial charge in [-0.25, -0.2) is 9.59 Å². The third kappa shape index (κ3) is 3.64. The number of hydrogen-bond donors (Lipinski definition) is 1. The lowest BCUT2D eigenvalue weighted by molar-refractivity contribution is -0.148. The Balaban J connectivity index is 2.94. The fraction of sp³-hybridized carbons (Fsp3) is 0.714. The summed E-state index contributed by atoms with van der Waals surface area (Å²) in [5.74, 6) is 1.39. The molecule has 112 valence electrons. The Bertz CT molecular complexity index is 420. The predicted octanol–water partition coefficient (Wildman–Crippen LogP) is 0.779. The molecule has 0 aromatic heterocycles. The van der Waals surface area contributed by atoms with Crippen LogP contribution in [-0.2, 0) is 14.3 Å². The van der Waals surface area contributed by atoms with E-state index in [9.17, 15) is 14.7 Å². The molecule has 0 unspecified atom stereocenters. The topological polar surface area (TPSA) is 76.1 Å². The summed E-state index contributed by atoms with van der Waals surface area (Å²) in [7, 11) is 1.21. The van der Waals surface area contributed by atoms with E-state index >= 15 is 0 Å². The molecular weight excluding hydrogens is 262 g/mol. The number of nitrogens with zero attached hydrogens (tertiary/aromatic N) is 1. The number of carbonyl (C=O) groups excluding carboxylic acids is 2. The van der Waals surface area contributed by atoms with Crippen molar-refractivity contribution in [3.63, 3.8) is 0 Å². The van der Waals surface area contributed by atoms with Gasteiger partial charge in [-0.2, -0.15) is 0 Å². The Hall–Kier alpha value is -1.74. The molecule has 0 saturated carbocycles. The van der Waals surface area contributed by atoms with Gasteiger partial charge in [0.25, 0.3) is 0 Å². The number of aliphatic hydroxyl groups is 1. The van der Waals surface area contributed by atoms with Crippen LogP contribution in [0.4, 0.5) is 4.79 Å². The zero-order valence-corrected chi connectivity index (χ0v) is 12.3. The van der Waals surface area contributed by atoms with Gasteiger partial charge in [0, 0.05) is 18.9 Å². The minimum absolute atomic E-state index is 0.167. The minimum Gasteiger partial charge on any atom is -0.467 e. The number of likely N-dealkylation sites (tertiary alicyclic amines) is 1. The number of methoxy groups -OCH3 is 1. The maximum absolute atomic E-state index is 12.1. The van der Waals surface area contributed by atoms with Crippen LogP contribution in [-0.4, -0.2) is 53.5 Å². The first-order chi connectivity index (χ1) is 9.21. The molecule has 6 nitrogen and oxygen atoms in total. The van der Waals surface area contributed by atoms with E-state index in [0.717, 1.165) is 0 Å². The number of amides is 1. The molecule has 0 aromatic rings. The SMILES string of the molecule is C#CC[C@H]1CN(C(=O)OC(C)(C)C)[C@H](C(=O)OC)[C@@H]1O. The largest absolute Gasteiger partial charge is 0.467 e. The molecule has 6 heteroatoms. The van der Waals surface area contributed by atoms with Crippen LogP contribution in [0.1, 0.15) is 27.2 Å². The molecule has 1 heterocycles. The average Bonchev–Trinajstić information content (AvgIpc) is 2.65. The van der Waals surface area contributed by atoms with Gasteiger partial charge < -0.3 is 14.6 Å². The van der Waals surface area contributed by atoms with Crippen molar-refractivity contribution in [2.45, 2.75) is 44.9 Å². The Morgan fingerprint density at radius 1 is 1.45 bits per heavy atom. The molecule has 3 atom stereocenters. The van der Waals surface area contributed by atoms with Crippen molar-refractivity contribution < 1.29 is 24.2 Å². The fourth-order valence-electron chi connectivity index (χ4n) is 2.15. The monoisotopic (exact) mass is 283 g/mol. The first kappa shape index (κ1) is 16.3. The number of terminal acetylenes is 1. The molecule has 20 heavy (non-hydrogen) atoms. The maximum atomic E-state index is 12.1. The lowest BCUT2D eigenvalue weighted by atomic mass is 9.99. The van der Waals surface area contributed by atoms with E-state index in [1.165, 1.54) is 12.0 Å². The third-order valence-electron chi connectivity index (χ3n) is 3.02. The van der Waals surface area contributed by atoms with E-state index in [-0.39, 0.29) is 18.9 Å². The number of ether oxygens (including phenoxy) is 2. The summed E-state index contributed by atoms with van der Waals surface area (Å²) < 4.78 is 9.88. The van der Waals surface area contributed by atoms with Gasteiger partial charge in [0.15, 0.2) is 6.04 Å². The van der Waals surface area contributed by atoms with Gasteiger partial charge in [-0.05, 0) is 20.8 Å². The van der Waals surface area contributed by atoms with Crippen LogP contribution in [0, 0.1) is 18.3 Å². The van der Waals surface area contributed by atoms with Gasteiger partial charge in [-0.1, -0.05) is 0 Å². The second-order valence-corrected chi connectivity index (χ2v) is 5.76. The second-order valence-electron chi connectivity index (χ2n) is 5.76. The van der Waals surface area contributed by atoms with Crippen LogP contribution < -0.4 is 0 Å². The van der Waals surface area contributed by atoms with Crippen molar-refractivity contribution in [2.75, 3.05) is 13.7 Å². The van der Waals surface area contributed by atoms with Crippen molar-refractivity contribution in [3.05, 3.63) is 0 Å². The standard InChI is InChI=1S/C14H21NO5/c1-6-7-9-8-15(13(18)20-14(2,3)4)10(11(9)16)12(17)19-5/h1,9-11,16H,7-8H2,2-5H3/t9-,10-,11+/m0/s1. The summed E-state index contributed by atoms with van der Waals surface area (Å²) in [4.78, 5) is 25.1. The Kier molecular flexibility index (Phi) is 5.01. The molecular formula is C14H21NO5. The van der Waals surface area contributed by atoms with E-state index in [1.807, 2.05) is 0 Å². The second kappa shape index (κ2) is 6.14. The summed E-state index contributed by atoms with van der Waals surface area (Å²) in [5, 5.41) is 10.2. The lowest BCUT2D eigenvalue weighted by Gasteiger charge is -2.27. The van der Waals surface area contributed by atoms with Gasteiger partial charge >= 0.3 is 12.1 Å². The van der Waals surface area contributed by atoms with Gasteiger partial charge in [0.2, 0.25) is 0 Å². The molecule has 1 amide bonds. The van der Waals surface area contributed by atoms with Gasteiger partial charge in [0.1, 0.15) is 5.60 Å². The van der Waals surface area contributed by atoms with Crippen molar-refractivity contribution in [3.8, 4) is 12.3 Å². The van der Waals surface area contributed by atoms with Crippen LogP contribution >= 0.6 is 0 Å². The van der Waals surface area contributed by atoms with Crippen molar-refractivity contribution in [1.82, 2.24) is 4.90 Å². The highest BCUT2D eigenvalue weighted by Gasteiger charge is 2.48. The summed E-state index contributed by atoms with van der Waals surface area (Å²) >= 11 is 0. The van der Waals surface area contributed by atoms with E-state index in [0.29, 0.717) is 0 Å². The van der Waals surface area contributed by atoms with E-state index < -0.39 is 29.8 Å². The number of rotatable bonds is 2. The quantitative estimate of drug-likeness (QED) is 0.598. The van der Waals surface area contributed by atoms with Crippen LogP contribution in [0.5, 0.6) is 0 Å². The van der Waals surface area contributed by atoms with E-state index in [1.54, 1.807) is 20.8 Å². The highest BCUT2D eigenvalue weighted by atomic mass is 16.6. The molecule has 1 aliphatic rings. The van der Waals surface area contributed by atoms with Crippen molar-refractivity contribution in [2.24, 2.45) is 5.92 Å². The molecule has 0 aromatic carbocycles. The van der Waals surface area contributed by atoms with Crippen molar-refractivity contribution in [1.29, 1.82) is 0 Å². The molecule has 1 rings (SSSR count). The Morgan fingerprint density at radius 2 is 2.05 bits per heavy atom. The zero-order chi connectivity index (χ0) is 15.5. The molecule has 1 fully saturated rings. The molecule has 0 aliphatic carbocycles. The van der Waals surface area contributed by atoms with Crippen LogP contribution in [0.3, 0.4) is 0 Å². The summed E-state index contributed by atoms with van der Waals surface area (Å²) in [5.41, 5.74) is -0.688. The van der Waals surface area contributed by atoms with Gasteiger partial charge in [-0.15, -0.1) is 12.3 Å². The first-order valence-electron chi connectivity index (χ1n) is 6.40. The van der Waals surface area contributed by atoms with E-state index in [2.05, 4.69) is 10.7 Å². The number of hydrogen-bond acceptors (Lipinski definition) is 5. The molecule has 0 bridgehead atoms. The first-order valence-corrected chi connectivity index (χ1v) is 6.40. The third-order valence-corrected chi connectivity index (χ3v) is 3.02. The highest BCUT2D eigenvalue weighted by molar-refractivity contribution is 5.83. The molecule has 1 N–H and O–H groups in total. The summed E-state index contributed by atoms with van der Waals surface area (Å²) in [6.07, 6.45) is 3.80. The van der Waals surface area contributed by atoms with Crippen LogP contribution in [0.15, 0.2) is 0 Å². The Morgan fingerprint density at radius 3 is 2.50 bits per heavy atom. The van der Waals surface area contributed by atoms with Gasteiger partial charge in [0.05, 0.1) is 13.2 Å². The highest BCUT2D eigenvalue weighted by Crippen LogP contribution is 2.28. The summed E-state index contributed by atoms with van der Waals surface area (Å²) in [6, 6.07) is -1.08. The summed E-state index contributed by atoms with van der Waals surface area (Å²) in [6.45, 7) is 5.34. The van der Waals surface area contributed by atoms with Crippen LogP contribution in [0.2, 0.25) is 0 Å². The minimum atomic E-state index is -1.08. The van der Waals surface area contributed by atoms with Gasteiger partial charge in [-0.3, -0.25) is 4.90 Å². The lowest BCUT2D eigenvalue weighted by Crippen LogP contribution is -2.47. The zero-order valence-electron chi connectivity index (χ0n) is 12.3. The molecule has 0 radical (unpaired) electrons. The molecule has 1 aliphatic heterocycles. The van der Waals surface area contributed by atoms with Crippen molar-refractivity contribution >= 4 is 12.1 Å². The average molecular weight is 283 g/mol. The van der Waals surface area contributed by atoms with Crippen LogP contribution in [0.25, 0.3) is 0 Å². The van der Waals surface area contributed by atoms with E-state index in [4.69, 9.17) is 11.2 Å². The smallest absolute Gasteiger partial charge is 0.411 e. The number of esters is 1.